The number of rotatable bonds is 6. The van der Waals surface area contributed by atoms with Crippen LogP contribution in [0.4, 0.5) is 5.69 Å². The van der Waals surface area contributed by atoms with Crippen molar-refractivity contribution in [3.63, 3.8) is 0 Å². The van der Waals surface area contributed by atoms with E-state index in [2.05, 4.69) is 42.3 Å². The maximum Gasteiger partial charge on any atom is 0.120 e. The number of methoxy groups -OCH3 is 1. The number of likely N-dealkylation sites (N-methyl/N-ethyl adjacent to an activating group) is 1. The molecule has 0 aliphatic carbocycles. The molecule has 0 radical (unpaired) electrons. The van der Waals surface area contributed by atoms with E-state index in [-0.39, 0.29) is 6.04 Å². The Labute approximate surface area is 121 Å². The van der Waals surface area contributed by atoms with Crippen LogP contribution in [0, 0.1) is 0 Å². The lowest BCUT2D eigenvalue weighted by Gasteiger charge is -2.29. The predicted molar refractivity (Wildman–Crippen MR) is 84.4 cm³/mol. The smallest absolute Gasteiger partial charge is 0.120 e. The molecule has 3 heteroatoms. The highest BCUT2D eigenvalue weighted by molar-refractivity contribution is 5.51. The summed E-state index contributed by atoms with van der Waals surface area (Å²) in [5, 5.41) is 0. The van der Waals surface area contributed by atoms with Gasteiger partial charge in [0.15, 0.2) is 0 Å². The number of nitrogens with zero attached hydrogens (tertiary/aromatic N) is 1. The SMILES string of the molecule is COc1cccc(N(C)C(CN)Cc2ccccc2)c1. The molecule has 0 saturated carbocycles. The molecular weight excluding hydrogens is 248 g/mol. The Morgan fingerprint density at radius 1 is 1.10 bits per heavy atom. The molecule has 20 heavy (non-hydrogen) atoms. The van der Waals surface area contributed by atoms with Gasteiger partial charge in [0.1, 0.15) is 5.75 Å². The molecule has 0 heterocycles. The molecule has 2 aromatic carbocycles. The van der Waals surface area contributed by atoms with E-state index in [0.29, 0.717) is 6.54 Å². The lowest BCUT2D eigenvalue weighted by atomic mass is 10.0. The zero-order valence-electron chi connectivity index (χ0n) is 12.1. The van der Waals surface area contributed by atoms with Crippen molar-refractivity contribution in [2.45, 2.75) is 12.5 Å². The van der Waals surface area contributed by atoms with Gasteiger partial charge in [-0.15, -0.1) is 0 Å². The molecule has 106 valence electrons. The van der Waals surface area contributed by atoms with Crippen molar-refractivity contribution in [2.24, 2.45) is 5.73 Å². The van der Waals surface area contributed by atoms with Gasteiger partial charge in [0.25, 0.3) is 0 Å². The van der Waals surface area contributed by atoms with Crippen molar-refractivity contribution in [2.75, 3.05) is 25.6 Å². The van der Waals surface area contributed by atoms with Crippen molar-refractivity contribution in [1.29, 1.82) is 0 Å². The zero-order chi connectivity index (χ0) is 14.4. The molecule has 2 aromatic rings. The van der Waals surface area contributed by atoms with Crippen LogP contribution in [0.25, 0.3) is 0 Å². The van der Waals surface area contributed by atoms with Crippen LogP contribution in [0.3, 0.4) is 0 Å². The largest absolute Gasteiger partial charge is 0.497 e. The summed E-state index contributed by atoms with van der Waals surface area (Å²) >= 11 is 0. The van der Waals surface area contributed by atoms with Gasteiger partial charge < -0.3 is 15.4 Å². The third kappa shape index (κ3) is 3.52. The van der Waals surface area contributed by atoms with Crippen molar-refractivity contribution in [3.8, 4) is 5.75 Å². The Balaban J connectivity index is 2.13. The fourth-order valence-electron chi connectivity index (χ4n) is 2.31. The van der Waals surface area contributed by atoms with Gasteiger partial charge >= 0.3 is 0 Å². The Morgan fingerprint density at radius 2 is 1.85 bits per heavy atom. The van der Waals surface area contributed by atoms with Crippen LogP contribution in [-0.4, -0.2) is 26.7 Å². The second kappa shape index (κ2) is 6.96. The minimum atomic E-state index is 0.268. The number of ether oxygens (including phenoxy) is 1. The predicted octanol–water partition coefficient (Wildman–Crippen LogP) is 2.70. The van der Waals surface area contributed by atoms with Gasteiger partial charge in [-0.25, -0.2) is 0 Å². The molecule has 1 atom stereocenters. The van der Waals surface area contributed by atoms with Gasteiger partial charge in [-0.2, -0.15) is 0 Å². The fourth-order valence-corrected chi connectivity index (χ4v) is 2.31. The minimum Gasteiger partial charge on any atom is -0.497 e. The van der Waals surface area contributed by atoms with E-state index in [0.717, 1.165) is 17.9 Å². The van der Waals surface area contributed by atoms with Crippen LogP contribution in [0.15, 0.2) is 54.6 Å². The molecule has 3 nitrogen and oxygen atoms in total. The van der Waals surface area contributed by atoms with E-state index >= 15 is 0 Å². The molecule has 0 spiro atoms. The molecule has 0 fully saturated rings. The normalized spacial score (nSPS) is 11.9. The van der Waals surface area contributed by atoms with Crippen molar-refractivity contribution < 1.29 is 4.74 Å². The first-order valence-corrected chi connectivity index (χ1v) is 6.85. The quantitative estimate of drug-likeness (QED) is 0.877. The molecule has 1 unspecified atom stereocenters. The standard InChI is InChI=1S/C17H22N2O/c1-19(15-9-6-10-17(12-15)20-2)16(13-18)11-14-7-4-3-5-8-14/h3-10,12,16H,11,13,18H2,1-2H3. The first kappa shape index (κ1) is 14.4. The highest BCUT2D eigenvalue weighted by atomic mass is 16.5. The number of hydrogen-bond donors (Lipinski definition) is 1. The number of benzene rings is 2. The van der Waals surface area contributed by atoms with Gasteiger partial charge in [-0.05, 0) is 24.1 Å². The number of anilines is 1. The molecule has 0 aliphatic rings. The van der Waals surface area contributed by atoms with Crippen molar-refractivity contribution in [3.05, 3.63) is 60.2 Å². The summed E-state index contributed by atoms with van der Waals surface area (Å²) in [6.07, 6.45) is 0.936. The van der Waals surface area contributed by atoms with Gasteiger partial charge in [0, 0.05) is 31.4 Å². The Morgan fingerprint density at radius 3 is 2.50 bits per heavy atom. The van der Waals surface area contributed by atoms with E-state index in [4.69, 9.17) is 10.5 Å². The summed E-state index contributed by atoms with van der Waals surface area (Å²) < 4.78 is 5.28. The molecule has 2 rings (SSSR count). The zero-order valence-corrected chi connectivity index (χ0v) is 12.1. The number of nitrogens with two attached hydrogens (primary N) is 1. The number of hydrogen-bond acceptors (Lipinski definition) is 3. The van der Waals surface area contributed by atoms with Crippen molar-refractivity contribution >= 4 is 5.69 Å². The summed E-state index contributed by atoms with van der Waals surface area (Å²) in [4.78, 5) is 2.22. The van der Waals surface area contributed by atoms with Crippen LogP contribution in [0.1, 0.15) is 5.56 Å². The van der Waals surface area contributed by atoms with Crippen LogP contribution in [0.2, 0.25) is 0 Å². The lowest BCUT2D eigenvalue weighted by molar-refractivity contribution is 0.414. The highest BCUT2D eigenvalue weighted by Gasteiger charge is 2.14. The molecule has 0 bridgehead atoms. The van der Waals surface area contributed by atoms with E-state index in [1.165, 1.54) is 5.56 Å². The molecule has 2 N–H and O–H groups in total. The molecular formula is C17H22N2O. The van der Waals surface area contributed by atoms with E-state index in [9.17, 15) is 0 Å². The molecule has 0 aromatic heterocycles. The van der Waals surface area contributed by atoms with Gasteiger partial charge in [0.2, 0.25) is 0 Å². The van der Waals surface area contributed by atoms with Gasteiger partial charge in [-0.1, -0.05) is 36.4 Å². The molecule has 0 amide bonds. The third-order valence-corrected chi connectivity index (χ3v) is 3.59. The van der Waals surface area contributed by atoms with Gasteiger partial charge in [0.05, 0.1) is 7.11 Å². The average Bonchev–Trinajstić information content (AvgIpc) is 2.53. The van der Waals surface area contributed by atoms with Crippen LogP contribution in [0.5, 0.6) is 5.75 Å². The Bertz CT molecular complexity index is 528. The van der Waals surface area contributed by atoms with Crippen LogP contribution >= 0.6 is 0 Å². The van der Waals surface area contributed by atoms with Crippen molar-refractivity contribution in [1.82, 2.24) is 0 Å². The first-order valence-electron chi connectivity index (χ1n) is 6.85. The fraction of sp³-hybridized carbons (Fsp3) is 0.294. The van der Waals surface area contributed by atoms with E-state index < -0.39 is 0 Å². The summed E-state index contributed by atoms with van der Waals surface area (Å²) in [5.41, 5.74) is 8.38. The molecule has 0 aliphatic heterocycles. The average molecular weight is 270 g/mol. The summed E-state index contributed by atoms with van der Waals surface area (Å²) in [7, 11) is 3.76. The van der Waals surface area contributed by atoms with Crippen LogP contribution in [-0.2, 0) is 6.42 Å². The third-order valence-electron chi connectivity index (χ3n) is 3.59. The Hall–Kier alpha value is -2.00. The maximum absolute atomic E-state index is 5.96. The topological polar surface area (TPSA) is 38.5 Å². The summed E-state index contributed by atoms with van der Waals surface area (Å²) in [5.74, 6) is 0.866. The van der Waals surface area contributed by atoms with Gasteiger partial charge in [-0.3, -0.25) is 0 Å². The maximum atomic E-state index is 5.96. The second-order valence-electron chi connectivity index (χ2n) is 4.89. The lowest BCUT2D eigenvalue weighted by Crippen LogP contribution is -2.39. The van der Waals surface area contributed by atoms with E-state index in [1.54, 1.807) is 7.11 Å². The van der Waals surface area contributed by atoms with Crippen LogP contribution < -0.4 is 15.4 Å². The Kier molecular flexibility index (Phi) is 5.02. The first-order chi connectivity index (χ1) is 9.74. The monoisotopic (exact) mass is 270 g/mol. The highest BCUT2D eigenvalue weighted by Crippen LogP contribution is 2.22. The van der Waals surface area contributed by atoms with E-state index in [1.807, 2.05) is 24.3 Å². The molecule has 0 saturated heterocycles. The second-order valence-corrected chi connectivity index (χ2v) is 4.89. The summed E-state index contributed by atoms with van der Waals surface area (Å²) in [6, 6.07) is 18.8. The minimum absolute atomic E-state index is 0.268. The summed E-state index contributed by atoms with van der Waals surface area (Å²) in [6.45, 7) is 0.614.